The number of hydrogen-bond donors (Lipinski definition) is 2. The van der Waals surface area contributed by atoms with Crippen LogP contribution < -0.4 is 10.2 Å². The number of hydrazine groups is 1. The van der Waals surface area contributed by atoms with Gasteiger partial charge in [-0.2, -0.15) is 0 Å². The molecule has 2 aliphatic rings. The summed E-state index contributed by atoms with van der Waals surface area (Å²) in [5.74, 6) is 0.940. The lowest BCUT2D eigenvalue weighted by atomic mass is 9.91. The van der Waals surface area contributed by atoms with Crippen molar-refractivity contribution in [1.82, 2.24) is 10.4 Å². The van der Waals surface area contributed by atoms with Crippen LogP contribution in [0.3, 0.4) is 0 Å². The predicted molar refractivity (Wildman–Crippen MR) is 127 cm³/mol. The van der Waals surface area contributed by atoms with Crippen LogP contribution in [0.5, 0.6) is 5.75 Å². The molecule has 2 N–H and O–H groups in total. The van der Waals surface area contributed by atoms with E-state index in [9.17, 15) is 4.79 Å². The zero-order valence-corrected chi connectivity index (χ0v) is 19.9. The van der Waals surface area contributed by atoms with E-state index >= 15 is 0 Å². The standard InChI is InChI=1S/C24H28BrN3O5/c25-21-5-2-1-4-19(21)16-24(23(30)27-28-10-14-31-15-11-28)17-33-22(26-24)18-6-8-20(9-7-18)32-13-3-12-29/h1-2,4-9,29H,3,10-17H2,(H,27,30)/t24-/m0/s1. The molecule has 0 radical (unpaired) electrons. The number of carbonyl (C=O) groups is 1. The van der Waals surface area contributed by atoms with E-state index in [4.69, 9.17) is 24.3 Å². The van der Waals surface area contributed by atoms with Gasteiger partial charge >= 0.3 is 0 Å². The molecule has 176 valence electrons. The van der Waals surface area contributed by atoms with Crippen LogP contribution >= 0.6 is 15.9 Å². The molecule has 0 saturated carbocycles. The SMILES string of the molecule is O=C(NN1CCOCC1)[C@]1(Cc2ccccc2Br)COC(c2ccc(OCCCO)cc2)=N1. The maximum atomic E-state index is 13.5. The Balaban J connectivity index is 1.56. The number of nitrogens with zero attached hydrogens (tertiary/aromatic N) is 2. The number of aliphatic hydroxyl groups is 1. The number of carbonyl (C=O) groups excluding carboxylic acids is 1. The Hall–Kier alpha value is -2.46. The Bertz CT molecular complexity index is 978. The molecule has 33 heavy (non-hydrogen) atoms. The number of aliphatic imine (C=N–C) groups is 1. The molecule has 8 nitrogen and oxygen atoms in total. The molecule has 4 rings (SSSR count). The van der Waals surface area contributed by atoms with Crippen LogP contribution in [0.4, 0.5) is 0 Å². The van der Waals surface area contributed by atoms with Gasteiger partial charge in [-0.05, 0) is 35.9 Å². The highest BCUT2D eigenvalue weighted by Gasteiger charge is 2.45. The summed E-state index contributed by atoms with van der Waals surface area (Å²) in [5.41, 5.74) is 3.69. The number of morpholine rings is 1. The molecule has 2 aliphatic heterocycles. The first kappa shape index (κ1) is 23.7. The molecule has 1 fully saturated rings. The van der Waals surface area contributed by atoms with Crippen LogP contribution in [0.1, 0.15) is 17.5 Å². The van der Waals surface area contributed by atoms with E-state index in [1.54, 1.807) is 0 Å². The first-order chi connectivity index (χ1) is 16.1. The monoisotopic (exact) mass is 517 g/mol. The lowest BCUT2D eigenvalue weighted by Crippen LogP contribution is -2.56. The number of nitrogens with one attached hydrogen (secondary N) is 1. The third kappa shape index (κ3) is 5.92. The fourth-order valence-electron chi connectivity index (χ4n) is 3.71. The van der Waals surface area contributed by atoms with Gasteiger partial charge in [-0.1, -0.05) is 34.1 Å². The summed E-state index contributed by atoms with van der Waals surface area (Å²) in [5, 5.41) is 10.8. The molecule has 1 saturated heterocycles. The van der Waals surface area contributed by atoms with E-state index in [1.165, 1.54) is 0 Å². The highest BCUT2D eigenvalue weighted by atomic mass is 79.9. The molecule has 1 atom stereocenters. The molecule has 0 bridgehead atoms. The van der Waals surface area contributed by atoms with Crippen LogP contribution in [-0.4, -0.2) is 73.6 Å². The maximum absolute atomic E-state index is 13.5. The molecule has 2 aromatic rings. The summed E-state index contributed by atoms with van der Waals surface area (Å²) in [4.78, 5) is 18.3. The van der Waals surface area contributed by atoms with Gasteiger partial charge in [0.2, 0.25) is 5.90 Å². The number of rotatable bonds is 9. The Morgan fingerprint density at radius 1 is 1.18 bits per heavy atom. The average molecular weight is 518 g/mol. The number of benzene rings is 2. The van der Waals surface area contributed by atoms with Gasteiger partial charge in [-0.25, -0.2) is 10.0 Å². The first-order valence-electron chi connectivity index (χ1n) is 11.0. The number of amides is 1. The lowest BCUT2D eigenvalue weighted by Gasteiger charge is -2.31. The third-order valence-corrected chi connectivity index (χ3v) is 6.34. The van der Waals surface area contributed by atoms with Crippen molar-refractivity contribution in [3.63, 3.8) is 0 Å². The van der Waals surface area contributed by atoms with Gasteiger partial charge in [-0.3, -0.25) is 10.2 Å². The van der Waals surface area contributed by atoms with Crippen LogP contribution in [0, 0.1) is 0 Å². The van der Waals surface area contributed by atoms with Crippen LogP contribution in [-0.2, 0) is 20.7 Å². The van der Waals surface area contributed by atoms with Crippen LogP contribution in [0.2, 0.25) is 0 Å². The predicted octanol–water partition coefficient (Wildman–Crippen LogP) is 2.33. The number of hydrogen-bond acceptors (Lipinski definition) is 7. The molecule has 2 heterocycles. The highest BCUT2D eigenvalue weighted by molar-refractivity contribution is 9.10. The van der Waals surface area contributed by atoms with Gasteiger partial charge < -0.3 is 19.3 Å². The molecule has 0 unspecified atom stereocenters. The molecule has 0 aromatic heterocycles. The van der Waals surface area contributed by atoms with Crippen molar-refractivity contribution in [3.8, 4) is 5.75 Å². The average Bonchev–Trinajstić information content (AvgIpc) is 3.27. The Labute approximate surface area is 201 Å². The van der Waals surface area contributed by atoms with Crippen LogP contribution in [0.25, 0.3) is 0 Å². The van der Waals surface area contributed by atoms with E-state index in [-0.39, 0.29) is 19.1 Å². The zero-order chi connectivity index (χ0) is 23.1. The highest BCUT2D eigenvalue weighted by Crippen LogP contribution is 2.30. The number of ether oxygens (including phenoxy) is 3. The molecule has 0 spiro atoms. The van der Waals surface area contributed by atoms with Gasteiger partial charge in [0.05, 0.1) is 19.8 Å². The summed E-state index contributed by atoms with van der Waals surface area (Å²) in [7, 11) is 0. The minimum Gasteiger partial charge on any atom is -0.494 e. The van der Waals surface area contributed by atoms with Crippen molar-refractivity contribution in [2.45, 2.75) is 18.4 Å². The topological polar surface area (TPSA) is 92.6 Å². The van der Waals surface area contributed by atoms with E-state index in [2.05, 4.69) is 21.4 Å². The summed E-state index contributed by atoms with van der Waals surface area (Å²) >= 11 is 3.59. The Kier molecular flexibility index (Phi) is 7.97. The molecule has 1 amide bonds. The summed E-state index contributed by atoms with van der Waals surface area (Å²) in [6.45, 7) is 3.11. The largest absolute Gasteiger partial charge is 0.494 e. The van der Waals surface area contributed by atoms with Gasteiger partial charge in [-0.15, -0.1) is 0 Å². The molecular formula is C24H28BrN3O5. The summed E-state index contributed by atoms with van der Waals surface area (Å²) in [6.07, 6.45) is 0.976. The summed E-state index contributed by atoms with van der Waals surface area (Å²) < 4.78 is 17.9. The Morgan fingerprint density at radius 3 is 2.67 bits per heavy atom. The lowest BCUT2D eigenvalue weighted by molar-refractivity contribution is -0.133. The molecule has 2 aromatic carbocycles. The van der Waals surface area contributed by atoms with E-state index in [1.807, 2.05) is 53.5 Å². The van der Waals surface area contributed by atoms with E-state index in [0.29, 0.717) is 57.4 Å². The van der Waals surface area contributed by atoms with Crippen molar-refractivity contribution in [1.29, 1.82) is 0 Å². The van der Waals surface area contributed by atoms with Gasteiger partial charge in [0, 0.05) is 42.6 Å². The van der Waals surface area contributed by atoms with E-state index < -0.39 is 5.54 Å². The quantitative estimate of drug-likeness (QED) is 0.496. The van der Waals surface area contributed by atoms with Gasteiger partial charge in [0.25, 0.3) is 5.91 Å². The number of halogens is 1. The minimum atomic E-state index is -1.09. The third-order valence-electron chi connectivity index (χ3n) is 5.57. The smallest absolute Gasteiger partial charge is 0.266 e. The fraction of sp³-hybridized carbons (Fsp3) is 0.417. The minimum absolute atomic E-state index is 0.0921. The van der Waals surface area contributed by atoms with Crippen molar-refractivity contribution in [2.75, 3.05) is 46.1 Å². The molecular weight excluding hydrogens is 490 g/mol. The van der Waals surface area contributed by atoms with Crippen LogP contribution in [0.15, 0.2) is 58.0 Å². The second-order valence-electron chi connectivity index (χ2n) is 8.00. The van der Waals surface area contributed by atoms with E-state index in [0.717, 1.165) is 15.6 Å². The normalized spacial score (nSPS) is 20.7. The molecule has 9 heteroatoms. The van der Waals surface area contributed by atoms with Crippen molar-refractivity contribution < 1.29 is 24.1 Å². The molecule has 0 aliphatic carbocycles. The Morgan fingerprint density at radius 2 is 1.94 bits per heavy atom. The second-order valence-corrected chi connectivity index (χ2v) is 8.85. The second kappa shape index (κ2) is 11.1. The van der Waals surface area contributed by atoms with Gasteiger partial charge in [0.15, 0.2) is 5.54 Å². The summed E-state index contributed by atoms with van der Waals surface area (Å²) in [6, 6.07) is 15.2. The zero-order valence-electron chi connectivity index (χ0n) is 18.3. The first-order valence-corrected chi connectivity index (χ1v) is 11.8. The van der Waals surface area contributed by atoms with Crippen molar-refractivity contribution >= 4 is 27.7 Å². The van der Waals surface area contributed by atoms with Crippen molar-refractivity contribution in [2.24, 2.45) is 4.99 Å². The van der Waals surface area contributed by atoms with Crippen molar-refractivity contribution in [3.05, 3.63) is 64.1 Å². The van der Waals surface area contributed by atoms with Gasteiger partial charge in [0.1, 0.15) is 12.4 Å². The maximum Gasteiger partial charge on any atom is 0.266 e. The number of aliphatic hydroxyl groups excluding tert-OH is 1. The fourth-order valence-corrected chi connectivity index (χ4v) is 4.13.